The van der Waals surface area contributed by atoms with E-state index in [1.807, 2.05) is 26.8 Å². The Labute approximate surface area is 227 Å². The van der Waals surface area contributed by atoms with Gasteiger partial charge in [-0.1, -0.05) is 30.3 Å². The van der Waals surface area contributed by atoms with Crippen molar-refractivity contribution in [3.8, 4) is 11.4 Å². The Balaban J connectivity index is 1.55. The van der Waals surface area contributed by atoms with Gasteiger partial charge in [-0.2, -0.15) is 5.10 Å². The lowest BCUT2D eigenvalue weighted by atomic mass is 10.2. The Morgan fingerprint density at radius 3 is 2.36 bits per heavy atom. The molecule has 0 aliphatic heterocycles. The number of anilines is 1. The number of amides is 1. The van der Waals surface area contributed by atoms with Crippen LogP contribution < -0.4 is 14.5 Å². The zero-order chi connectivity index (χ0) is 28.0. The lowest BCUT2D eigenvalue weighted by Gasteiger charge is -2.24. The Hall–Kier alpha value is -4.44. The van der Waals surface area contributed by atoms with Gasteiger partial charge in [0.15, 0.2) is 0 Å². The number of para-hydroxylation sites is 1. The molecule has 4 aromatic rings. The number of carbonyl (C=O) groups is 1. The largest absolute Gasteiger partial charge is 0.494 e. The van der Waals surface area contributed by atoms with Gasteiger partial charge in [0, 0.05) is 17.0 Å². The molecule has 0 aliphatic carbocycles. The summed E-state index contributed by atoms with van der Waals surface area (Å²) < 4.78 is 49.5. The molecule has 8 nitrogen and oxygen atoms in total. The highest BCUT2D eigenvalue weighted by Gasteiger charge is 2.27. The van der Waals surface area contributed by atoms with E-state index < -0.39 is 22.5 Å². The van der Waals surface area contributed by atoms with Crippen molar-refractivity contribution in [2.45, 2.75) is 25.7 Å². The molecule has 0 aliphatic rings. The van der Waals surface area contributed by atoms with Crippen molar-refractivity contribution in [1.82, 2.24) is 9.99 Å². The molecule has 0 unspecified atom stereocenters. The fourth-order valence-electron chi connectivity index (χ4n) is 4.17. The lowest BCUT2D eigenvalue weighted by Crippen LogP contribution is -2.39. The summed E-state index contributed by atoms with van der Waals surface area (Å²) in [5, 5.41) is 4.04. The van der Waals surface area contributed by atoms with E-state index >= 15 is 0 Å². The second kappa shape index (κ2) is 12.0. The molecule has 1 amide bonds. The molecule has 1 aromatic heterocycles. The van der Waals surface area contributed by atoms with E-state index in [2.05, 4.69) is 10.5 Å². The molecule has 10 heteroatoms. The number of nitrogens with one attached hydrogen (secondary N) is 1. The third kappa shape index (κ3) is 6.18. The van der Waals surface area contributed by atoms with E-state index in [9.17, 15) is 17.6 Å². The van der Waals surface area contributed by atoms with Crippen LogP contribution in [0.3, 0.4) is 0 Å². The van der Waals surface area contributed by atoms with E-state index in [0.29, 0.717) is 29.3 Å². The molecule has 0 atom stereocenters. The van der Waals surface area contributed by atoms with E-state index in [-0.39, 0.29) is 10.7 Å². The standard InChI is InChI=1S/C29H29FN4O4S/c1-4-38-25-16-14-24(15-17-25)33(39(36,37)26-10-6-5-7-11-26)20-29(35)32-31-19-23-18-21(2)34(22(23)3)28-13-9-8-12-27(28)30/h5-19H,4,20H2,1-3H3,(H,32,35)/b31-19-. The van der Waals surface area contributed by atoms with Crippen LogP contribution in [0.1, 0.15) is 23.9 Å². The average molecular weight is 549 g/mol. The van der Waals surface area contributed by atoms with E-state index in [1.54, 1.807) is 65.2 Å². The first-order valence-corrected chi connectivity index (χ1v) is 13.7. The molecule has 0 saturated carbocycles. The van der Waals surface area contributed by atoms with Crippen LogP contribution in [0.2, 0.25) is 0 Å². The SMILES string of the molecule is CCOc1ccc(N(CC(=O)N/N=C\c2cc(C)n(-c3ccccc3F)c2C)S(=O)(=O)c2ccccc2)cc1. The monoisotopic (exact) mass is 548 g/mol. The summed E-state index contributed by atoms with van der Waals surface area (Å²) in [5.74, 6) is -0.409. The van der Waals surface area contributed by atoms with Crippen molar-refractivity contribution in [3.05, 3.63) is 108 Å². The number of hydrogen-bond donors (Lipinski definition) is 1. The Morgan fingerprint density at radius 1 is 1.03 bits per heavy atom. The quantitative estimate of drug-likeness (QED) is 0.224. The second-order valence-electron chi connectivity index (χ2n) is 8.66. The molecule has 0 spiro atoms. The van der Waals surface area contributed by atoms with Crippen LogP contribution in [-0.4, -0.2) is 38.3 Å². The highest BCUT2D eigenvalue weighted by atomic mass is 32.2. The molecule has 4 rings (SSSR count). The smallest absolute Gasteiger partial charge is 0.264 e. The van der Waals surface area contributed by atoms with Crippen molar-refractivity contribution >= 4 is 27.8 Å². The highest BCUT2D eigenvalue weighted by Crippen LogP contribution is 2.26. The van der Waals surface area contributed by atoms with Crippen molar-refractivity contribution < 1.29 is 22.3 Å². The molecule has 1 heterocycles. The second-order valence-corrected chi connectivity index (χ2v) is 10.5. The van der Waals surface area contributed by atoms with Crippen LogP contribution in [0.15, 0.2) is 94.9 Å². The molecule has 202 valence electrons. The third-order valence-electron chi connectivity index (χ3n) is 6.01. The number of nitrogens with zero attached hydrogens (tertiary/aromatic N) is 3. The van der Waals surface area contributed by atoms with Crippen molar-refractivity contribution in [2.75, 3.05) is 17.5 Å². The van der Waals surface area contributed by atoms with Gasteiger partial charge >= 0.3 is 0 Å². The normalized spacial score (nSPS) is 11.5. The van der Waals surface area contributed by atoms with E-state index in [0.717, 1.165) is 15.7 Å². The zero-order valence-electron chi connectivity index (χ0n) is 21.8. The molecule has 0 bridgehead atoms. The van der Waals surface area contributed by atoms with Crippen LogP contribution in [0, 0.1) is 19.7 Å². The number of aryl methyl sites for hydroxylation is 1. The first-order valence-electron chi connectivity index (χ1n) is 12.3. The zero-order valence-corrected chi connectivity index (χ0v) is 22.7. The van der Waals surface area contributed by atoms with Gasteiger partial charge in [0.05, 0.1) is 29.1 Å². The molecule has 0 fully saturated rings. The number of sulfonamides is 1. The number of rotatable bonds is 10. The first kappa shape index (κ1) is 27.6. The lowest BCUT2D eigenvalue weighted by molar-refractivity contribution is -0.119. The number of benzene rings is 3. The molecule has 1 N–H and O–H groups in total. The summed E-state index contributed by atoms with van der Waals surface area (Å²) in [7, 11) is -4.05. The summed E-state index contributed by atoms with van der Waals surface area (Å²) in [4.78, 5) is 12.9. The predicted molar refractivity (Wildman–Crippen MR) is 150 cm³/mol. The predicted octanol–water partition coefficient (Wildman–Crippen LogP) is 4.98. The topological polar surface area (TPSA) is 93.0 Å². The molecular weight excluding hydrogens is 519 g/mol. The van der Waals surface area contributed by atoms with Gasteiger partial charge in [-0.3, -0.25) is 9.10 Å². The van der Waals surface area contributed by atoms with Gasteiger partial charge in [-0.05, 0) is 75.4 Å². The Kier molecular flexibility index (Phi) is 8.46. The van der Waals surface area contributed by atoms with Gasteiger partial charge < -0.3 is 9.30 Å². The van der Waals surface area contributed by atoms with Crippen LogP contribution in [0.25, 0.3) is 5.69 Å². The maximum Gasteiger partial charge on any atom is 0.264 e. The summed E-state index contributed by atoms with van der Waals surface area (Å²) >= 11 is 0. The van der Waals surface area contributed by atoms with E-state index in [1.165, 1.54) is 24.4 Å². The highest BCUT2D eigenvalue weighted by molar-refractivity contribution is 7.92. The van der Waals surface area contributed by atoms with Gasteiger partial charge in [-0.15, -0.1) is 0 Å². The summed E-state index contributed by atoms with van der Waals surface area (Å²) in [6, 6.07) is 22.6. The third-order valence-corrected chi connectivity index (χ3v) is 7.80. The first-order chi connectivity index (χ1) is 18.7. The van der Waals surface area contributed by atoms with Gasteiger partial charge in [0.2, 0.25) is 0 Å². The minimum atomic E-state index is -4.05. The summed E-state index contributed by atoms with van der Waals surface area (Å²) in [6.07, 6.45) is 1.45. The Bertz CT molecular complexity index is 1580. The molecular formula is C29H29FN4O4S. The number of aromatic nitrogens is 1. The number of carbonyl (C=O) groups excluding carboxylic acids is 1. The maximum absolute atomic E-state index is 14.4. The number of hydrazone groups is 1. The van der Waals surface area contributed by atoms with Gasteiger partial charge in [0.25, 0.3) is 15.9 Å². The number of hydrogen-bond acceptors (Lipinski definition) is 5. The fourth-order valence-corrected chi connectivity index (χ4v) is 5.61. The van der Waals surface area contributed by atoms with E-state index in [4.69, 9.17) is 4.74 Å². The minimum absolute atomic E-state index is 0.0516. The molecule has 0 saturated heterocycles. The average Bonchev–Trinajstić information content (AvgIpc) is 3.21. The van der Waals surface area contributed by atoms with Gasteiger partial charge in [0.1, 0.15) is 18.1 Å². The maximum atomic E-state index is 14.4. The summed E-state index contributed by atoms with van der Waals surface area (Å²) in [6.45, 7) is 5.48. The van der Waals surface area contributed by atoms with Crippen LogP contribution in [-0.2, 0) is 14.8 Å². The fraction of sp³-hybridized carbons (Fsp3) is 0.172. The van der Waals surface area contributed by atoms with Crippen molar-refractivity contribution in [3.63, 3.8) is 0 Å². The van der Waals surface area contributed by atoms with Crippen LogP contribution in [0.5, 0.6) is 5.75 Å². The van der Waals surface area contributed by atoms with Crippen LogP contribution in [0.4, 0.5) is 10.1 Å². The molecule has 0 radical (unpaired) electrons. The number of ether oxygens (including phenoxy) is 1. The molecule has 39 heavy (non-hydrogen) atoms. The minimum Gasteiger partial charge on any atom is -0.494 e. The van der Waals surface area contributed by atoms with Crippen molar-refractivity contribution in [1.29, 1.82) is 0 Å². The van der Waals surface area contributed by atoms with Crippen LogP contribution >= 0.6 is 0 Å². The van der Waals surface area contributed by atoms with Crippen molar-refractivity contribution in [2.24, 2.45) is 5.10 Å². The van der Waals surface area contributed by atoms with Gasteiger partial charge in [-0.25, -0.2) is 18.2 Å². The molecule has 3 aromatic carbocycles. The number of halogens is 1. The Morgan fingerprint density at radius 2 is 1.69 bits per heavy atom. The summed E-state index contributed by atoms with van der Waals surface area (Å²) in [5.41, 5.74) is 5.33.